The van der Waals surface area contributed by atoms with Gasteiger partial charge in [-0.2, -0.15) is 14.0 Å². The first-order valence-corrected chi connectivity index (χ1v) is 6.31. The second kappa shape index (κ2) is 14.8. The van der Waals surface area contributed by atoms with Crippen LogP contribution in [0, 0.1) is 14.0 Å². The molecule has 0 spiro atoms. The molecular formula is C17H18CsNO4-2. The Morgan fingerprint density at radius 2 is 1.78 bits per heavy atom. The second-order valence-electron chi connectivity index (χ2n) is 3.73. The van der Waals surface area contributed by atoms with Gasteiger partial charge in [-0.15, -0.1) is 5.75 Å². The Labute approximate surface area is 195 Å². The largest absolute Gasteiger partial charge is 1.00 e. The summed E-state index contributed by atoms with van der Waals surface area (Å²) in [5.74, 6) is -0.0650. The minimum Gasteiger partial charge on any atom is -0.872 e. The van der Waals surface area contributed by atoms with Crippen LogP contribution >= 0.6 is 0 Å². The van der Waals surface area contributed by atoms with Gasteiger partial charge >= 0.3 is 68.9 Å². The molecule has 118 valence electrons. The molecule has 0 radical (unpaired) electrons. The number of carbonyl (C=O) groups excluding carboxylic acids is 2. The van der Waals surface area contributed by atoms with Crippen molar-refractivity contribution in [2.45, 2.75) is 6.92 Å². The van der Waals surface area contributed by atoms with Crippen molar-refractivity contribution in [1.29, 1.82) is 0 Å². The van der Waals surface area contributed by atoms with E-state index in [-0.39, 0.29) is 74.6 Å². The van der Waals surface area contributed by atoms with E-state index in [1.807, 2.05) is 0 Å². The normalized spacial score (nSPS) is 8.13. The third-order valence-electron chi connectivity index (χ3n) is 2.28. The molecule has 0 aliphatic heterocycles. The average molecular weight is 433 g/mol. The molecule has 0 atom stereocenters. The van der Waals surface area contributed by atoms with Crippen LogP contribution in [0.15, 0.2) is 48.5 Å². The Morgan fingerprint density at radius 3 is 2.22 bits per heavy atom. The fourth-order valence-corrected chi connectivity index (χ4v) is 1.33. The predicted octanol–water partition coefficient (Wildman–Crippen LogP) is -0.627. The van der Waals surface area contributed by atoms with Gasteiger partial charge < -0.3 is 22.5 Å². The molecule has 2 N–H and O–H groups in total. The molecule has 5 nitrogen and oxygen atoms in total. The van der Waals surface area contributed by atoms with E-state index in [1.54, 1.807) is 37.3 Å². The molecule has 0 bridgehead atoms. The Morgan fingerprint density at radius 1 is 1.17 bits per heavy atom. The number of primary amides is 1. The molecule has 23 heavy (non-hydrogen) atoms. The molecule has 2 aromatic carbocycles. The van der Waals surface area contributed by atoms with E-state index in [0.717, 1.165) is 0 Å². The summed E-state index contributed by atoms with van der Waals surface area (Å²) >= 11 is 0. The van der Waals surface area contributed by atoms with Crippen LogP contribution < -0.4 is 84.5 Å². The summed E-state index contributed by atoms with van der Waals surface area (Å²) in [6, 6.07) is 12.4. The number of rotatable bonds is 3. The Balaban J connectivity index is 0. The van der Waals surface area contributed by atoms with Crippen LogP contribution in [-0.2, 0) is 0 Å². The molecule has 0 fully saturated rings. The molecule has 0 saturated heterocycles. The van der Waals surface area contributed by atoms with Crippen LogP contribution in [0.3, 0.4) is 0 Å². The maximum absolute atomic E-state index is 10.6. The van der Waals surface area contributed by atoms with E-state index in [9.17, 15) is 14.7 Å². The molecule has 2 aromatic rings. The van der Waals surface area contributed by atoms with Crippen LogP contribution in [0.2, 0.25) is 0 Å². The monoisotopic (exact) mass is 433 g/mol. The fourth-order valence-electron chi connectivity index (χ4n) is 1.33. The number of hydrogen-bond donors (Lipinski definition) is 1. The third kappa shape index (κ3) is 10.6. The van der Waals surface area contributed by atoms with Crippen molar-refractivity contribution in [3.05, 3.63) is 73.7 Å². The van der Waals surface area contributed by atoms with Crippen molar-refractivity contribution in [2.75, 3.05) is 0 Å². The molecule has 2 rings (SSSR count). The van der Waals surface area contributed by atoms with E-state index in [2.05, 4.69) is 18.8 Å². The minimum atomic E-state index is -0.469. The summed E-state index contributed by atoms with van der Waals surface area (Å²) in [5, 5.41) is 10.5. The number of hydrogen-bond acceptors (Lipinski definition) is 4. The average Bonchev–Trinajstić information content (AvgIpc) is 2.57. The SMILES string of the molecule is O=Cc1cccc([O-])c1.[CH2-]C.[CH2-]Oc1cccc(C(N)=O)c1.[Cs+]. The molecular weight excluding hydrogens is 415 g/mol. The maximum Gasteiger partial charge on any atom is 1.00 e. The second-order valence-corrected chi connectivity index (χ2v) is 3.73. The molecule has 0 unspecified atom stereocenters. The van der Waals surface area contributed by atoms with Gasteiger partial charge in [0.2, 0.25) is 5.91 Å². The summed E-state index contributed by atoms with van der Waals surface area (Å²) in [6.45, 7) is 5.00. The van der Waals surface area contributed by atoms with Crippen molar-refractivity contribution in [3.63, 3.8) is 0 Å². The Hall–Kier alpha value is -0.768. The Bertz CT molecular complexity index is 603. The van der Waals surface area contributed by atoms with E-state index in [4.69, 9.17) is 5.73 Å². The molecule has 0 heterocycles. The summed E-state index contributed by atoms with van der Waals surface area (Å²) in [6.07, 6.45) is 0.654. The first-order chi connectivity index (χ1) is 10.6. The van der Waals surface area contributed by atoms with E-state index < -0.39 is 5.91 Å². The molecule has 6 heteroatoms. The van der Waals surface area contributed by atoms with Gasteiger partial charge in [0.05, 0.1) is 5.75 Å². The van der Waals surface area contributed by atoms with Crippen LogP contribution in [0.1, 0.15) is 27.6 Å². The zero-order valence-electron chi connectivity index (χ0n) is 13.3. The number of ether oxygens (including phenoxy) is 1. The molecule has 1 amide bonds. The number of amides is 1. The van der Waals surface area contributed by atoms with Crippen LogP contribution in [-0.4, -0.2) is 12.2 Å². The van der Waals surface area contributed by atoms with Gasteiger partial charge in [0.25, 0.3) is 0 Å². The third-order valence-corrected chi connectivity index (χ3v) is 2.28. The molecule has 0 aromatic heterocycles. The van der Waals surface area contributed by atoms with Crippen LogP contribution in [0.25, 0.3) is 0 Å². The van der Waals surface area contributed by atoms with Crippen molar-refractivity contribution in [2.24, 2.45) is 5.73 Å². The molecule has 0 aliphatic rings. The number of aldehydes is 1. The smallest absolute Gasteiger partial charge is 0.872 e. The zero-order valence-corrected chi connectivity index (χ0v) is 19.6. The molecule has 0 saturated carbocycles. The number of benzene rings is 2. The van der Waals surface area contributed by atoms with Gasteiger partial charge in [-0.3, -0.25) is 9.59 Å². The first-order valence-electron chi connectivity index (χ1n) is 6.31. The van der Waals surface area contributed by atoms with E-state index >= 15 is 0 Å². The summed E-state index contributed by atoms with van der Waals surface area (Å²) in [4.78, 5) is 20.6. The van der Waals surface area contributed by atoms with Gasteiger partial charge in [-0.1, -0.05) is 30.3 Å². The van der Waals surface area contributed by atoms with Crippen LogP contribution in [0.5, 0.6) is 11.5 Å². The number of carbonyl (C=O) groups is 2. The molecule has 0 aliphatic carbocycles. The van der Waals surface area contributed by atoms with E-state index in [0.29, 0.717) is 23.2 Å². The summed E-state index contributed by atoms with van der Waals surface area (Å²) < 4.78 is 4.65. The van der Waals surface area contributed by atoms with Crippen molar-refractivity contribution in [3.8, 4) is 11.5 Å². The first kappa shape index (κ1) is 24.5. The van der Waals surface area contributed by atoms with E-state index in [1.165, 1.54) is 18.2 Å². The van der Waals surface area contributed by atoms with Crippen molar-refractivity contribution >= 4 is 12.2 Å². The van der Waals surface area contributed by atoms with Crippen LogP contribution in [0.4, 0.5) is 0 Å². The topological polar surface area (TPSA) is 92.4 Å². The standard InChI is InChI=1S/C8H8NO2.C7H6O2.C2H5.Cs/c1-11-7-4-2-3-6(5-7)8(9)10;8-5-6-2-1-3-7(9)4-6;1-2;/h2-5H,1H2,(H2,9,10);1-5,9H;1H2,2H3;/q-1;;-1;+1/p-1. The fraction of sp³-hybridized carbons (Fsp3) is 0.0588. The van der Waals surface area contributed by atoms with Gasteiger partial charge in [0.1, 0.15) is 6.29 Å². The van der Waals surface area contributed by atoms with Crippen molar-refractivity contribution in [1.82, 2.24) is 0 Å². The quantitative estimate of drug-likeness (QED) is 0.516. The minimum absolute atomic E-state index is 0. The zero-order chi connectivity index (χ0) is 17.0. The van der Waals surface area contributed by atoms with Gasteiger partial charge in [-0.25, -0.2) is 0 Å². The maximum atomic E-state index is 10.6. The van der Waals surface area contributed by atoms with Gasteiger partial charge in [0, 0.05) is 11.1 Å². The Kier molecular flexibility index (Phi) is 15.8. The van der Waals surface area contributed by atoms with Gasteiger partial charge in [0.15, 0.2) is 0 Å². The number of nitrogens with two attached hydrogens (primary N) is 1. The predicted molar refractivity (Wildman–Crippen MR) is 83.3 cm³/mol. The van der Waals surface area contributed by atoms with Crippen molar-refractivity contribution < 1.29 is 88.3 Å². The summed E-state index contributed by atoms with van der Waals surface area (Å²) in [5.41, 5.74) is 5.88. The van der Waals surface area contributed by atoms with Gasteiger partial charge in [-0.05, 0) is 18.2 Å². The summed E-state index contributed by atoms with van der Waals surface area (Å²) in [7, 11) is 3.20.